The zero-order valence-corrected chi connectivity index (χ0v) is 11.7. The number of nitriles is 1. The minimum absolute atomic E-state index is 0.534. The third kappa shape index (κ3) is 3.52. The summed E-state index contributed by atoms with van der Waals surface area (Å²) in [4.78, 5) is 2.17. The molecular weight excluding hydrogens is 246 g/mol. The number of hydrogen-bond donors (Lipinski definition) is 1. The Morgan fingerprint density at radius 3 is 2.55 bits per heavy atom. The average molecular weight is 265 g/mol. The van der Waals surface area contributed by atoms with Gasteiger partial charge in [-0.25, -0.2) is 0 Å². The molecule has 0 unspecified atom stereocenters. The van der Waals surface area contributed by atoms with Crippen LogP contribution in [0.1, 0.15) is 17.5 Å². The van der Waals surface area contributed by atoms with Gasteiger partial charge in [0.2, 0.25) is 0 Å². The van der Waals surface area contributed by atoms with Gasteiger partial charge in [-0.05, 0) is 36.6 Å². The maximum Gasteiger partial charge on any atom is 0.101 e. The highest BCUT2D eigenvalue weighted by atomic mass is 15.1. The van der Waals surface area contributed by atoms with Gasteiger partial charge in [-0.2, -0.15) is 5.26 Å². The average Bonchev–Trinajstić information content (AvgIpc) is 2.48. The maximum atomic E-state index is 8.87. The molecule has 20 heavy (non-hydrogen) atoms. The molecule has 2 aromatic carbocycles. The summed E-state index contributed by atoms with van der Waals surface area (Å²) in [7, 11) is 2.05. The topological polar surface area (TPSA) is 53.0 Å². The van der Waals surface area contributed by atoms with E-state index in [-0.39, 0.29) is 0 Å². The molecule has 3 nitrogen and oxygen atoms in total. The van der Waals surface area contributed by atoms with Gasteiger partial charge in [-0.3, -0.25) is 0 Å². The molecule has 2 N–H and O–H groups in total. The zero-order chi connectivity index (χ0) is 14.4. The van der Waals surface area contributed by atoms with Crippen LogP contribution in [-0.4, -0.2) is 13.6 Å². The van der Waals surface area contributed by atoms with Crippen LogP contribution in [0.5, 0.6) is 0 Å². The van der Waals surface area contributed by atoms with Crippen LogP contribution in [0, 0.1) is 11.3 Å². The molecule has 0 saturated carbocycles. The largest absolute Gasteiger partial charge is 0.398 e. The van der Waals surface area contributed by atoms with E-state index in [1.165, 1.54) is 5.56 Å². The summed E-state index contributed by atoms with van der Waals surface area (Å²) in [6, 6.07) is 18.1. The number of benzene rings is 2. The fourth-order valence-electron chi connectivity index (χ4n) is 2.18. The molecule has 0 aliphatic carbocycles. The molecule has 0 spiro atoms. The number of rotatable bonds is 5. The molecule has 0 fully saturated rings. The van der Waals surface area contributed by atoms with Gasteiger partial charge < -0.3 is 10.6 Å². The van der Waals surface area contributed by atoms with E-state index in [0.717, 1.165) is 25.1 Å². The molecule has 0 bridgehead atoms. The fraction of sp³-hybridized carbons (Fsp3) is 0.235. The van der Waals surface area contributed by atoms with Crippen molar-refractivity contribution < 1.29 is 0 Å². The van der Waals surface area contributed by atoms with Crippen LogP contribution in [0.2, 0.25) is 0 Å². The number of nitrogen functional groups attached to an aromatic ring is 1. The molecule has 0 aliphatic heterocycles. The van der Waals surface area contributed by atoms with Gasteiger partial charge in [0.05, 0.1) is 11.3 Å². The highest BCUT2D eigenvalue weighted by molar-refractivity contribution is 5.63. The highest BCUT2D eigenvalue weighted by Crippen LogP contribution is 2.20. The Morgan fingerprint density at radius 1 is 1.15 bits per heavy atom. The standard InChI is InChI=1S/C17H19N3/c1-20(11-5-8-14-6-3-2-4-7-14)16-10-9-15(13-18)17(19)12-16/h2-4,6-7,9-10,12H,5,8,11,19H2,1H3. The molecule has 0 saturated heterocycles. The van der Waals surface area contributed by atoms with Gasteiger partial charge in [-0.1, -0.05) is 30.3 Å². The summed E-state index contributed by atoms with van der Waals surface area (Å²) < 4.78 is 0. The summed E-state index contributed by atoms with van der Waals surface area (Å²) in [6.45, 7) is 0.959. The fourth-order valence-corrected chi connectivity index (χ4v) is 2.18. The number of anilines is 2. The van der Waals surface area contributed by atoms with Crippen molar-refractivity contribution in [1.29, 1.82) is 5.26 Å². The van der Waals surface area contributed by atoms with E-state index in [9.17, 15) is 0 Å². The first-order valence-electron chi connectivity index (χ1n) is 6.75. The highest BCUT2D eigenvalue weighted by Gasteiger charge is 2.04. The van der Waals surface area contributed by atoms with Crippen molar-refractivity contribution in [3.63, 3.8) is 0 Å². The SMILES string of the molecule is CN(CCCc1ccccc1)c1ccc(C#N)c(N)c1. The van der Waals surface area contributed by atoms with E-state index >= 15 is 0 Å². The molecular formula is C17H19N3. The van der Waals surface area contributed by atoms with Gasteiger partial charge in [0.15, 0.2) is 0 Å². The molecule has 0 radical (unpaired) electrons. The number of nitrogens with two attached hydrogens (primary N) is 1. The lowest BCUT2D eigenvalue weighted by Crippen LogP contribution is -2.19. The number of aryl methyl sites for hydroxylation is 1. The Bertz CT molecular complexity index is 599. The first-order valence-corrected chi connectivity index (χ1v) is 6.75. The summed E-state index contributed by atoms with van der Waals surface area (Å²) in [5.74, 6) is 0. The van der Waals surface area contributed by atoms with Crippen LogP contribution in [0.3, 0.4) is 0 Å². The van der Waals surface area contributed by atoms with Crippen LogP contribution < -0.4 is 10.6 Å². The second kappa shape index (κ2) is 6.63. The van der Waals surface area contributed by atoms with Crippen molar-refractivity contribution in [1.82, 2.24) is 0 Å². The molecule has 0 aromatic heterocycles. The molecule has 3 heteroatoms. The van der Waals surface area contributed by atoms with E-state index in [4.69, 9.17) is 11.0 Å². The Labute approximate surface area is 120 Å². The quantitative estimate of drug-likeness (QED) is 0.845. The predicted octanol–water partition coefficient (Wildman–Crippen LogP) is 3.21. The summed E-state index contributed by atoms with van der Waals surface area (Å²) >= 11 is 0. The smallest absolute Gasteiger partial charge is 0.101 e. The zero-order valence-electron chi connectivity index (χ0n) is 11.7. The molecule has 0 atom stereocenters. The van der Waals surface area contributed by atoms with Gasteiger partial charge in [-0.15, -0.1) is 0 Å². The van der Waals surface area contributed by atoms with Crippen molar-refractivity contribution in [2.45, 2.75) is 12.8 Å². The molecule has 2 aromatic rings. The third-order valence-corrected chi connectivity index (χ3v) is 3.40. The molecule has 0 heterocycles. The minimum atomic E-state index is 0.534. The van der Waals surface area contributed by atoms with Crippen LogP contribution in [-0.2, 0) is 6.42 Å². The molecule has 0 aliphatic rings. The van der Waals surface area contributed by atoms with E-state index in [1.54, 1.807) is 6.07 Å². The van der Waals surface area contributed by atoms with E-state index < -0.39 is 0 Å². The van der Waals surface area contributed by atoms with Gasteiger partial charge in [0.1, 0.15) is 6.07 Å². The summed E-state index contributed by atoms with van der Waals surface area (Å²) in [6.07, 6.45) is 2.15. The minimum Gasteiger partial charge on any atom is -0.398 e. The molecule has 0 amide bonds. The summed E-state index contributed by atoms with van der Waals surface area (Å²) in [5.41, 5.74) is 9.33. The van der Waals surface area contributed by atoms with Crippen molar-refractivity contribution in [3.05, 3.63) is 59.7 Å². The van der Waals surface area contributed by atoms with Gasteiger partial charge >= 0.3 is 0 Å². The summed E-state index contributed by atoms with van der Waals surface area (Å²) in [5, 5.41) is 8.87. The van der Waals surface area contributed by atoms with E-state index in [1.807, 2.05) is 25.2 Å². The first-order chi connectivity index (χ1) is 9.70. The van der Waals surface area contributed by atoms with Crippen molar-refractivity contribution in [2.75, 3.05) is 24.2 Å². The second-order valence-corrected chi connectivity index (χ2v) is 4.89. The predicted molar refractivity (Wildman–Crippen MR) is 83.6 cm³/mol. The maximum absolute atomic E-state index is 8.87. The monoisotopic (exact) mass is 265 g/mol. The normalized spacial score (nSPS) is 10.0. The van der Waals surface area contributed by atoms with Crippen molar-refractivity contribution in [3.8, 4) is 6.07 Å². The van der Waals surface area contributed by atoms with Crippen molar-refractivity contribution >= 4 is 11.4 Å². The third-order valence-electron chi connectivity index (χ3n) is 3.40. The van der Waals surface area contributed by atoms with E-state index in [0.29, 0.717) is 11.3 Å². The van der Waals surface area contributed by atoms with Crippen molar-refractivity contribution in [2.24, 2.45) is 0 Å². The number of hydrogen-bond acceptors (Lipinski definition) is 3. The molecule has 102 valence electrons. The van der Waals surface area contributed by atoms with Crippen LogP contribution in [0.4, 0.5) is 11.4 Å². The van der Waals surface area contributed by atoms with Gasteiger partial charge in [0.25, 0.3) is 0 Å². The lowest BCUT2D eigenvalue weighted by atomic mass is 10.1. The van der Waals surface area contributed by atoms with Crippen LogP contribution in [0.15, 0.2) is 48.5 Å². The lowest BCUT2D eigenvalue weighted by Gasteiger charge is -2.20. The van der Waals surface area contributed by atoms with Gasteiger partial charge in [0, 0.05) is 19.3 Å². The van der Waals surface area contributed by atoms with E-state index in [2.05, 4.69) is 35.2 Å². The van der Waals surface area contributed by atoms with Crippen LogP contribution >= 0.6 is 0 Å². The molecule has 2 rings (SSSR count). The lowest BCUT2D eigenvalue weighted by molar-refractivity contribution is 0.786. The van der Waals surface area contributed by atoms with Crippen LogP contribution in [0.25, 0.3) is 0 Å². The Kier molecular flexibility index (Phi) is 4.62. The second-order valence-electron chi connectivity index (χ2n) is 4.89. The number of nitrogens with zero attached hydrogens (tertiary/aromatic N) is 2. The Morgan fingerprint density at radius 2 is 1.90 bits per heavy atom. The Hall–Kier alpha value is -2.47. The first kappa shape index (κ1) is 14.0. The Balaban J connectivity index is 1.90.